The van der Waals surface area contributed by atoms with Crippen LogP contribution in [-0.4, -0.2) is 35.0 Å². The van der Waals surface area contributed by atoms with Crippen LogP contribution in [0.2, 0.25) is 0 Å². The maximum absolute atomic E-state index is 12.0. The number of carboxylic acid groups (broad SMARTS) is 1. The highest BCUT2D eigenvalue weighted by atomic mass is 16.4. The number of hydrogen-bond donors (Lipinski definition) is 1. The van der Waals surface area contributed by atoms with Crippen LogP contribution in [0.5, 0.6) is 0 Å². The van der Waals surface area contributed by atoms with Gasteiger partial charge in [0.05, 0.1) is 11.8 Å². The highest BCUT2D eigenvalue weighted by Gasteiger charge is 2.50. The zero-order valence-electron chi connectivity index (χ0n) is 9.85. The molecule has 2 aliphatic rings. The number of nitrogens with zero attached hydrogens (tertiary/aromatic N) is 1. The van der Waals surface area contributed by atoms with E-state index < -0.39 is 11.9 Å². The van der Waals surface area contributed by atoms with Crippen molar-refractivity contribution in [1.29, 1.82) is 0 Å². The fourth-order valence-corrected chi connectivity index (χ4v) is 2.82. The molecular formula is C12H19NO3. The van der Waals surface area contributed by atoms with Gasteiger partial charge in [-0.25, -0.2) is 0 Å². The summed E-state index contributed by atoms with van der Waals surface area (Å²) in [6.07, 6.45) is 1.70. The van der Waals surface area contributed by atoms with Crippen molar-refractivity contribution in [3.63, 3.8) is 0 Å². The fraction of sp³-hybridized carbons (Fsp3) is 0.833. The number of carbonyl (C=O) groups is 2. The van der Waals surface area contributed by atoms with Gasteiger partial charge in [-0.15, -0.1) is 0 Å². The first-order valence-electron chi connectivity index (χ1n) is 6.00. The molecule has 1 heterocycles. The number of likely N-dealkylation sites (tertiary alicyclic amines) is 1. The van der Waals surface area contributed by atoms with Gasteiger partial charge in [0.15, 0.2) is 0 Å². The van der Waals surface area contributed by atoms with Gasteiger partial charge >= 0.3 is 5.97 Å². The van der Waals surface area contributed by atoms with Crippen LogP contribution >= 0.6 is 0 Å². The fourth-order valence-electron chi connectivity index (χ4n) is 2.82. The summed E-state index contributed by atoms with van der Waals surface area (Å²) < 4.78 is 0. The molecule has 1 saturated carbocycles. The monoisotopic (exact) mass is 225 g/mol. The predicted octanol–water partition coefficient (Wildman–Crippen LogP) is 1.21. The third kappa shape index (κ3) is 2.20. The quantitative estimate of drug-likeness (QED) is 0.768. The summed E-state index contributed by atoms with van der Waals surface area (Å²) in [6, 6.07) is 0. The Morgan fingerprint density at radius 2 is 1.62 bits per heavy atom. The maximum atomic E-state index is 12.0. The molecule has 4 nitrogen and oxygen atoms in total. The topological polar surface area (TPSA) is 57.6 Å². The first-order chi connectivity index (χ1) is 7.49. The Hall–Kier alpha value is -1.06. The van der Waals surface area contributed by atoms with Crippen LogP contribution in [0.15, 0.2) is 0 Å². The van der Waals surface area contributed by atoms with Gasteiger partial charge in [0.25, 0.3) is 0 Å². The summed E-state index contributed by atoms with van der Waals surface area (Å²) in [4.78, 5) is 24.6. The molecule has 0 spiro atoms. The number of amides is 1. The van der Waals surface area contributed by atoms with Crippen LogP contribution in [0.1, 0.15) is 26.7 Å². The molecular weight excluding hydrogens is 206 g/mol. The van der Waals surface area contributed by atoms with Gasteiger partial charge in [-0.1, -0.05) is 13.8 Å². The van der Waals surface area contributed by atoms with E-state index in [1.54, 1.807) is 0 Å². The minimum Gasteiger partial charge on any atom is -0.481 e. The summed E-state index contributed by atoms with van der Waals surface area (Å²) in [5, 5.41) is 8.80. The number of carbonyl (C=O) groups excluding carboxylic acids is 1. The van der Waals surface area contributed by atoms with Crippen molar-refractivity contribution in [2.24, 2.45) is 23.7 Å². The Labute approximate surface area is 95.6 Å². The van der Waals surface area contributed by atoms with Gasteiger partial charge in [0.2, 0.25) is 5.91 Å². The standard InChI is InChI=1S/C12H19NO3/c1-7-3-8(2)6-13(5-7)11(14)9-4-10(9)12(15)16/h7-10H,3-6H2,1-2H3,(H,15,16). The van der Waals surface area contributed by atoms with E-state index >= 15 is 0 Å². The van der Waals surface area contributed by atoms with Gasteiger partial charge in [-0.3, -0.25) is 9.59 Å². The summed E-state index contributed by atoms with van der Waals surface area (Å²) in [5.74, 6) is -0.346. The van der Waals surface area contributed by atoms with Gasteiger partial charge in [0, 0.05) is 13.1 Å². The average molecular weight is 225 g/mol. The van der Waals surface area contributed by atoms with Crippen LogP contribution in [0.3, 0.4) is 0 Å². The van der Waals surface area contributed by atoms with Gasteiger partial charge in [-0.2, -0.15) is 0 Å². The van der Waals surface area contributed by atoms with Crippen LogP contribution in [0.25, 0.3) is 0 Å². The van der Waals surface area contributed by atoms with Crippen LogP contribution < -0.4 is 0 Å². The predicted molar refractivity (Wildman–Crippen MR) is 58.8 cm³/mol. The minimum atomic E-state index is -0.823. The lowest BCUT2D eigenvalue weighted by Crippen LogP contribution is -2.43. The smallest absolute Gasteiger partial charge is 0.307 e. The molecule has 0 aromatic carbocycles. The number of hydrogen-bond acceptors (Lipinski definition) is 2. The Kier molecular flexibility index (Phi) is 2.91. The van der Waals surface area contributed by atoms with Gasteiger partial charge in [0.1, 0.15) is 0 Å². The summed E-state index contributed by atoms with van der Waals surface area (Å²) in [5.41, 5.74) is 0. The van der Waals surface area contributed by atoms with E-state index in [0.29, 0.717) is 18.3 Å². The average Bonchev–Trinajstić information content (AvgIpc) is 2.94. The van der Waals surface area contributed by atoms with Crippen molar-refractivity contribution in [3.05, 3.63) is 0 Å². The molecule has 0 radical (unpaired) electrons. The third-order valence-electron chi connectivity index (χ3n) is 3.61. The highest BCUT2D eigenvalue weighted by Crippen LogP contribution is 2.41. The lowest BCUT2D eigenvalue weighted by molar-refractivity contribution is -0.142. The molecule has 1 amide bonds. The normalized spacial score (nSPS) is 38.2. The van der Waals surface area contributed by atoms with Crippen molar-refractivity contribution in [3.8, 4) is 0 Å². The molecule has 16 heavy (non-hydrogen) atoms. The lowest BCUT2D eigenvalue weighted by Gasteiger charge is -2.35. The second-order valence-corrected chi connectivity index (χ2v) is 5.48. The zero-order valence-corrected chi connectivity index (χ0v) is 9.85. The van der Waals surface area contributed by atoms with E-state index in [0.717, 1.165) is 19.5 Å². The van der Waals surface area contributed by atoms with E-state index in [9.17, 15) is 9.59 Å². The SMILES string of the molecule is CC1CC(C)CN(C(=O)C2CC2C(=O)O)C1. The van der Waals surface area contributed by atoms with Crippen LogP contribution in [0, 0.1) is 23.7 Å². The molecule has 2 fully saturated rings. The molecule has 4 unspecified atom stereocenters. The summed E-state index contributed by atoms with van der Waals surface area (Å²) in [7, 11) is 0. The molecule has 1 N–H and O–H groups in total. The van der Waals surface area contributed by atoms with E-state index in [2.05, 4.69) is 13.8 Å². The minimum absolute atomic E-state index is 0.0609. The number of aliphatic carboxylic acids is 1. The Balaban J connectivity index is 1.93. The van der Waals surface area contributed by atoms with Crippen LogP contribution in [0.4, 0.5) is 0 Å². The molecule has 1 aliphatic carbocycles. The summed E-state index contributed by atoms with van der Waals surface area (Å²) in [6.45, 7) is 5.90. The zero-order chi connectivity index (χ0) is 11.9. The third-order valence-corrected chi connectivity index (χ3v) is 3.61. The number of carboxylic acids is 1. The molecule has 1 saturated heterocycles. The van der Waals surface area contributed by atoms with Crippen LogP contribution in [-0.2, 0) is 9.59 Å². The molecule has 0 bridgehead atoms. The molecule has 90 valence electrons. The van der Waals surface area contributed by atoms with Gasteiger partial charge in [-0.05, 0) is 24.7 Å². The lowest BCUT2D eigenvalue weighted by atomic mass is 9.91. The van der Waals surface area contributed by atoms with Crippen molar-refractivity contribution < 1.29 is 14.7 Å². The highest BCUT2D eigenvalue weighted by molar-refractivity contribution is 5.89. The van der Waals surface area contributed by atoms with E-state index in [4.69, 9.17) is 5.11 Å². The largest absolute Gasteiger partial charge is 0.481 e. The van der Waals surface area contributed by atoms with E-state index in [1.165, 1.54) is 0 Å². The Morgan fingerprint density at radius 1 is 1.06 bits per heavy atom. The summed E-state index contributed by atoms with van der Waals surface area (Å²) >= 11 is 0. The van der Waals surface area contributed by atoms with E-state index in [1.807, 2.05) is 4.90 Å². The maximum Gasteiger partial charge on any atom is 0.307 e. The molecule has 2 rings (SSSR count). The number of rotatable bonds is 2. The van der Waals surface area contributed by atoms with Crippen molar-refractivity contribution in [1.82, 2.24) is 4.90 Å². The van der Waals surface area contributed by atoms with E-state index in [-0.39, 0.29) is 11.8 Å². The van der Waals surface area contributed by atoms with Crippen molar-refractivity contribution in [2.75, 3.05) is 13.1 Å². The number of piperidine rings is 1. The molecule has 1 aliphatic heterocycles. The second kappa shape index (κ2) is 4.07. The Morgan fingerprint density at radius 3 is 2.06 bits per heavy atom. The van der Waals surface area contributed by atoms with Crippen molar-refractivity contribution >= 4 is 11.9 Å². The molecule has 4 heteroatoms. The van der Waals surface area contributed by atoms with Gasteiger partial charge < -0.3 is 10.0 Å². The first-order valence-corrected chi connectivity index (χ1v) is 6.00. The molecule has 4 atom stereocenters. The Bertz CT molecular complexity index is 305. The first kappa shape index (κ1) is 11.4. The second-order valence-electron chi connectivity index (χ2n) is 5.48. The van der Waals surface area contributed by atoms with Crippen molar-refractivity contribution in [2.45, 2.75) is 26.7 Å². The molecule has 0 aromatic rings. The molecule has 0 aromatic heterocycles.